The average molecular weight is 226 g/mol. The van der Waals surface area contributed by atoms with Gasteiger partial charge in [-0.1, -0.05) is 5.92 Å². The van der Waals surface area contributed by atoms with Crippen molar-refractivity contribution >= 4 is 11.9 Å². The zero-order chi connectivity index (χ0) is 12.6. The molecule has 0 aliphatic heterocycles. The van der Waals surface area contributed by atoms with Gasteiger partial charge >= 0.3 is 5.97 Å². The smallest absolute Gasteiger partial charge is 0.305 e. The lowest BCUT2D eigenvalue weighted by Crippen LogP contribution is -2.44. The number of hydrogen-bond donors (Lipinski definition) is 2. The molecule has 16 heavy (non-hydrogen) atoms. The summed E-state index contributed by atoms with van der Waals surface area (Å²) in [6, 6.07) is -0.303. The molecule has 0 bridgehead atoms. The van der Waals surface area contributed by atoms with Crippen LogP contribution < -0.4 is 5.32 Å². The molecule has 5 heteroatoms. The Morgan fingerprint density at radius 2 is 2.19 bits per heavy atom. The highest BCUT2D eigenvalue weighted by Gasteiger charge is 2.19. The van der Waals surface area contributed by atoms with Crippen molar-refractivity contribution in [1.82, 2.24) is 10.2 Å². The minimum absolute atomic E-state index is 0.0469. The lowest BCUT2D eigenvalue weighted by atomic mass is 10.2. The minimum Gasteiger partial charge on any atom is -0.481 e. The number of carbonyl (C=O) groups is 2. The third-order valence-corrected chi connectivity index (χ3v) is 2.17. The van der Waals surface area contributed by atoms with Crippen molar-refractivity contribution in [3.05, 3.63) is 0 Å². The second kappa shape index (κ2) is 7.71. The van der Waals surface area contributed by atoms with E-state index in [-0.39, 0.29) is 24.9 Å². The quantitative estimate of drug-likeness (QED) is 0.470. The lowest BCUT2D eigenvalue weighted by Gasteiger charge is -2.27. The average Bonchev–Trinajstić information content (AvgIpc) is 2.18. The standard InChI is InChI=1S/C11H18N2O3/c1-4-6-12-8-10(14)13(5-2)9(3)7-11(15)16/h1,9,12H,5-8H2,2-3H3,(H,15,16). The van der Waals surface area contributed by atoms with Crippen LogP contribution in [0.1, 0.15) is 20.3 Å². The largest absolute Gasteiger partial charge is 0.481 e. The van der Waals surface area contributed by atoms with E-state index >= 15 is 0 Å². The Morgan fingerprint density at radius 1 is 1.56 bits per heavy atom. The number of likely N-dealkylation sites (N-methyl/N-ethyl adjacent to an activating group) is 1. The highest BCUT2D eigenvalue weighted by atomic mass is 16.4. The molecule has 0 rings (SSSR count). The predicted molar refractivity (Wildman–Crippen MR) is 60.8 cm³/mol. The van der Waals surface area contributed by atoms with Crippen molar-refractivity contribution < 1.29 is 14.7 Å². The molecule has 2 N–H and O–H groups in total. The maximum absolute atomic E-state index is 11.7. The van der Waals surface area contributed by atoms with E-state index in [1.807, 2.05) is 6.92 Å². The number of amides is 1. The van der Waals surface area contributed by atoms with E-state index in [1.54, 1.807) is 6.92 Å². The van der Waals surface area contributed by atoms with E-state index in [1.165, 1.54) is 4.90 Å². The van der Waals surface area contributed by atoms with E-state index in [0.717, 1.165) is 0 Å². The van der Waals surface area contributed by atoms with Crippen LogP contribution in [0, 0.1) is 12.3 Å². The van der Waals surface area contributed by atoms with E-state index in [2.05, 4.69) is 11.2 Å². The zero-order valence-electron chi connectivity index (χ0n) is 9.69. The molecule has 5 nitrogen and oxygen atoms in total. The highest BCUT2D eigenvalue weighted by molar-refractivity contribution is 5.79. The number of aliphatic carboxylic acids is 1. The first kappa shape index (κ1) is 14.5. The summed E-state index contributed by atoms with van der Waals surface area (Å²) >= 11 is 0. The molecule has 0 aromatic rings. The molecule has 1 unspecified atom stereocenters. The van der Waals surface area contributed by atoms with Gasteiger partial charge in [0, 0.05) is 12.6 Å². The normalized spacial score (nSPS) is 11.6. The fourth-order valence-electron chi connectivity index (χ4n) is 1.44. The molecule has 0 spiro atoms. The molecule has 0 aliphatic carbocycles. The fourth-order valence-corrected chi connectivity index (χ4v) is 1.44. The van der Waals surface area contributed by atoms with Gasteiger partial charge in [0.05, 0.1) is 19.5 Å². The molecular weight excluding hydrogens is 208 g/mol. The maximum atomic E-state index is 11.7. The van der Waals surface area contributed by atoms with Gasteiger partial charge in [0.15, 0.2) is 0 Å². The highest BCUT2D eigenvalue weighted by Crippen LogP contribution is 2.03. The number of carboxylic acids is 1. The van der Waals surface area contributed by atoms with Crippen LogP contribution >= 0.6 is 0 Å². The summed E-state index contributed by atoms with van der Waals surface area (Å²) in [6.45, 7) is 4.50. The fraction of sp³-hybridized carbons (Fsp3) is 0.636. The van der Waals surface area contributed by atoms with Crippen molar-refractivity contribution in [3.8, 4) is 12.3 Å². The molecule has 0 fully saturated rings. The topological polar surface area (TPSA) is 69.6 Å². The van der Waals surface area contributed by atoms with E-state index in [0.29, 0.717) is 13.1 Å². The van der Waals surface area contributed by atoms with Crippen LogP contribution in [0.4, 0.5) is 0 Å². The summed E-state index contributed by atoms with van der Waals surface area (Å²) in [5.41, 5.74) is 0. The van der Waals surface area contributed by atoms with Gasteiger partial charge in [-0.25, -0.2) is 0 Å². The van der Waals surface area contributed by atoms with Crippen molar-refractivity contribution in [3.63, 3.8) is 0 Å². The van der Waals surface area contributed by atoms with Crippen LogP contribution in [0.5, 0.6) is 0 Å². The van der Waals surface area contributed by atoms with Crippen LogP contribution in [0.3, 0.4) is 0 Å². The molecule has 0 saturated heterocycles. The van der Waals surface area contributed by atoms with Crippen LogP contribution in [0.2, 0.25) is 0 Å². The number of nitrogens with zero attached hydrogens (tertiary/aromatic N) is 1. The van der Waals surface area contributed by atoms with Gasteiger partial charge in [-0.15, -0.1) is 6.42 Å². The molecule has 0 saturated carbocycles. The summed E-state index contributed by atoms with van der Waals surface area (Å²) in [5, 5.41) is 11.4. The van der Waals surface area contributed by atoms with Gasteiger partial charge in [0.25, 0.3) is 0 Å². The van der Waals surface area contributed by atoms with Gasteiger partial charge in [-0.3, -0.25) is 14.9 Å². The molecular formula is C11H18N2O3. The number of nitrogens with one attached hydrogen (secondary N) is 1. The van der Waals surface area contributed by atoms with E-state index < -0.39 is 5.97 Å². The van der Waals surface area contributed by atoms with Gasteiger partial charge in [0.2, 0.25) is 5.91 Å². The Balaban J connectivity index is 4.20. The molecule has 0 aromatic heterocycles. The number of carbonyl (C=O) groups excluding carboxylic acids is 1. The summed E-state index contributed by atoms with van der Waals surface area (Å²) in [4.78, 5) is 23.7. The van der Waals surface area contributed by atoms with Crippen LogP contribution in [0.25, 0.3) is 0 Å². The van der Waals surface area contributed by atoms with Crippen LogP contribution in [-0.4, -0.2) is 47.6 Å². The van der Waals surface area contributed by atoms with Gasteiger partial charge in [0.1, 0.15) is 0 Å². The first-order chi connectivity index (χ1) is 7.52. The van der Waals surface area contributed by atoms with Crippen molar-refractivity contribution in [2.24, 2.45) is 0 Å². The Labute approximate surface area is 95.8 Å². The summed E-state index contributed by atoms with van der Waals surface area (Å²) in [6.07, 6.45) is 4.99. The molecule has 90 valence electrons. The summed E-state index contributed by atoms with van der Waals surface area (Å²) in [7, 11) is 0. The molecule has 0 aromatic carbocycles. The van der Waals surface area contributed by atoms with Crippen molar-refractivity contribution in [2.75, 3.05) is 19.6 Å². The third-order valence-electron chi connectivity index (χ3n) is 2.17. The van der Waals surface area contributed by atoms with Gasteiger partial charge < -0.3 is 10.0 Å². The Kier molecular flexibility index (Phi) is 6.97. The molecule has 0 radical (unpaired) electrons. The van der Waals surface area contributed by atoms with Crippen molar-refractivity contribution in [1.29, 1.82) is 0 Å². The second-order valence-electron chi connectivity index (χ2n) is 3.43. The molecule has 1 atom stereocenters. The Bertz CT molecular complexity index is 283. The van der Waals surface area contributed by atoms with E-state index in [9.17, 15) is 9.59 Å². The Morgan fingerprint density at radius 3 is 2.62 bits per heavy atom. The summed E-state index contributed by atoms with van der Waals surface area (Å²) < 4.78 is 0. The first-order valence-electron chi connectivity index (χ1n) is 5.18. The van der Waals surface area contributed by atoms with Gasteiger partial charge in [-0.2, -0.15) is 0 Å². The maximum Gasteiger partial charge on any atom is 0.305 e. The third kappa shape index (κ3) is 5.37. The monoisotopic (exact) mass is 226 g/mol. The lowest BCUT2D eigenvalue weighted by molar-refractivity contribution is -0.140. The number of carboxylic acid groups (broad SMARTS) is 1. The SMILES string of the molecule is C#CCNCC(=O)N(CC)C(C)CC(=O)O. The van der Waals surface area contributed by atoms with Crippen molar-refractivity contribution in [2.45, 2.75) is 26.3 Å². The number of hydrogen-bond acceptors (Lipinski definition) is 3. The number of terminal acetylenes is 1. The van der Waals surface area contributed by atoms with Crippen LogP contribution in [0.15, 0.2) is 0 Å². The van der Waals surface area contributed by atoms with Gasteiger partial charge in [-0.05, 0) is 13.8 Å². The van der Waals surface area contributed by atoms with Crippen LogP contribution in [-0.2, 0) is 9.59 Å². The first-order valence-corrected chi connectivity index (χ1v) is 5.18. The Hall–Kier alpha value is -1.54. The second-order valence-corrected chi connectivity index (χ2v) is 3.43. The predicted octanol–water partition coefficient (Wildman–Crippen LogP) is -0.0791. The molecule has 1 amide bonds. The summed E-state index contributed by atoms with van der Waals surface area (Å²) in [5.74, 6) is 1.33. The molecule has 0 aliphatic rings. The zero-order valence-corrected chi connectivity index (χ0v) is 9.69. The minimum atomic E-state index is -0.907. The number of rotatable bonds is 7. The molecule has 0 heterocycles. The van der Waals surface area contributed by atoms with E-state index in [4.69, 9.17) is 11.5 Å².